The fourth-order valence-corrected chi connectivity index (χ4v) is 4.49. The molecule has 1 saturated heterocycles. The van der Waals surface area contributed by atoms with E-state index in [1.165, 1.54) is 31.0 Å². The summed E-state index contributed by atoms with van der Waals surface area (Å²) >= 11 is 5.97. The summed E-state index contributed by atoms with van der Waals surface area (Å²) in [4.78, 5) is 31.7. The van der Waals surface area contributed by atoms with Gasteiger partial charge in [0.1, 0.15) is 11.6 Å². The highest BCUT2D eigenvalue weighted by Gasteiger charge is 2.18. The number of carbonyl (C=O) groups is 2. The van der Waals surface area contributed by atoms with Crippen LogP contribution in [0.4, 0.5) is 15.9 Å². The molecular formula is C27H30ClFN4O2. The van der Waals surface area contributed by atoms with Gasteiger partial charge in [0.2, 0.25) is 11.8 Å². The van der Waals surface area contributed by atoms with Gasteiger partial charge in [-0.05, 0) is 73.2 Å². The number of hydrogen-bond acceptors (Lipinski definition) is 4. The summed E-state index contributed by atoms with van der Waals surface area (Å²) in [5.41, 5.74) is 3.29. The Morgan fingerprint density at radius 2 is 1.83 bits per heavy atom. The predicted octanol–water partition coefficient (Wildman–Crippen LogP) is 5.61. The van der Waals surface area contributed by atoms with Gasteiger partial charge in [0.25, 0.3) is 0 Å². The van der Waals surface area contributed by atoms with Crippen LogP contribution in [0.2, 0.25) is 5.02 Å². The number of halogens is 2. The summed E-state index contributed by atoms with van der Waals surface area (Å²) in [6.07, 6.45) is 2.45. The Morgan fingerprint density at radius 1 is 1.09 bits per heavy atom. The lowest BCUT2D eigenvalue weighted by Crippen LogP contribution is -2.33. The summed E-state index contributed by atoms with van der Waals surface area (Å²) in [5, 5.41) is 6.82. The third kappa shape index (κ3) is 6.48. The summed E-state index contributed by atoms with van der Waals surface area (Å²) < 4.78 is 13.1. The molecule has 6 nitrogen and oxygen atoms in total. The molecule has 3 aromatic rings. The normalized spacial score (nSPS) is 14.2. The molecule has 0 spiro atoms. The number of carbonyl (C=O) groups excluding carboxylic acids is 2. The standard InChI is InChI=1S/C27H30ClFN4O2/c1-17-9-11-33(12-10-17)25-13-18(2)22-15-21(5-6-24(22)32-25)31-27(35)8-7-26(34)30-16-19-3-4-20(29)14-23(19)28/h3-6,13-15,17H,7-12,16H2,1-2H3,(H,30,34)(H,31,35). The largest absolute Gasteiger partial charge is 0.357 e. The van der Waals surface area contributed by atoms with Crippen LogP contribution in [0.15, 0.2) is 42.5 Å². The molecule has 2 amide bonds. The van der Waals surface area contributed by atoms with Crippen LogP contribution in [0, 0.1) is 18.7 Å². The van der Waals surface area contributed by atoms with E-state index in [4.69, 9.17) is 16.6 Å². The molecule has 2 heterocycles. The van der Waals surface area contributed by atoms with Gasteiger partial charge in [0.05, 0.1) is 5.52 Å². The zero-order valence-electron chi connectivity index (χ0n) is 20.0. The monoisotopic (exact) mass is 496 g/mol. The van der Waals surface area contributed by atoms with Crippen molar-refractivity contribution in [2.45, 2.75) is 46.1 Å². The van der Waals surface area contributed by atoms with Crippen molar-refractivity contribution in [2.24, 2.45) is 5.92 Å². The lowest BCUT2D eigenvalue weighted by atomic mass is 9.99. The molecule has 0 radical (unpaired) electrons. The number of anilines is 2. The quantitative estimate of drug-likeness (QED) is 0.446. The van der Waals surface area contributed by atoms with Crippen LogP contribution in [0.5, 0.6) is 0 Å². The molecule has 1 aliphatic heterocycles. The molecule has 2 aromatic carbocycles. The van der Waals surface area contributed by atoms with Crippen LogP contribution in [-0.2, 0) is 16.1 Å². The van der Waals surface area contributed by atoms with E-state index in [2.05, 4.69) is 35.4 Å². The Hall–Kier alpha value is -3.19. The number of aryl methyl sites for hydroxylation is 1. The first-order chi connectivity index (χ1) is 16.8. The second kappa shape index (κ2) is 11.0. The van der Waals surface area contributed by atoms with E-state index in [0.29, 0.717) is 11.3 Å². The third-order valence-corrected chi connectivity index (χ3v) is 6.82. The fourth-order valence-electron chi connectivity index (χ4n) is 4.25. The van der Waals surface area contributed by atoms with Gasteiger partial charge in [-0.2, -0.15) is 0 Å². The molecule has 1 aliphatic rings. The van der Waals surface area contributed by atoms with Crippen LogP contribution < -0.4 is 15.5 Å². The van der Waals surface area contributed by atoms with Crippen molar-refractivity contribution in [1.29, 1.82) is 0 Å². The minimum atomic E-state index is -0.432. The van der Waals surface area contributed by atoms with Crippen molar-refractivity contribution >= 4 is 45.8 Å². The summed E-state index contributed by atoms with van der Waals surface area (Å²) in [7, 11) is 0. The summed E-state index contributed by atoms with van der Waals surface area (Å²) in [5.74, 6) is 0.811. The molecule has 35 heavy (non-hydrogen) atoms. The zero-order chi connectivity index (χ0) is 24.9. The molecule has 0 atom stereocenters. The van der Waals surface area contributed by atoms with Gasteiger partial charge in [-0.15, -0.1) is 0 Å². The average molecular weight is 497 g/mol. The van der Waals surface area contributed by atoms with Crippen LogP contribution >= 0.6 is 11.6 Å². The maximum Gasteiger partial charge on any atom is 0.224 e. The third-order valence-electron chi connectivity index (χ3n) is 6.46. The van der Waals surface area contributed by atoms with Gasteiger partial charge in [0.15, 0.2) is 0 Å². The summed E-state index contributed by atoms with van der Waals surface area (Å²) in [6, 6.07) is 11.8. The number of pyridine rings is 1. The smallest absolute Gasteiger partial charge is 0.224 e. The molecule has 0 bridgehead atoms. The van der Waals surface area contributed by atoms with Gasteiger partial charge in [0, 0.05) is 48.6 Å². The number of nitrogens with one attached hydrogen (secondary N) is 2. The molecule has 1 fully saturated rings. The Morgan fingerprint density at radius 3 is 2.57 bits per heavy atom. The number of aromatic nitrogens is 1. The molecule has 2 N–H and O–H groups in total. The van der Waals surface area contributed by atoms with Crippen molar-refractivity contribution in [1.82, 2.24) is 10.3 Å². The van der Waals surface area contributed by atoms with Crippen LogP contribution in [0.25, 0.3) is 10.9 Å². The van der Waals surface area contributed by atoms with E-state index in [0.717, 1.165) is 41.3 Å². The number of piperidine rings is 1. The highest BCUT2D eigenvalue weighted by Crippen LogP contribution is 2.28. The molecule has 0 aliphatic carbocycles. The minimum absolute atomic E-state index is 0.0383. The van der Waals surface area contributed by atoms with Crippen LogP contribution in [-0.4, -0.2) is 29.9 Å². The summed E-state index contributed by atoms with van der Waals surface area (Å²) in [6.45, 7) is 6.58. The van der Waals surface area contributed by atoms with Gasteiger partial charge in [-0.3, -0.25) is 9.59 Å². The van der Waals surface area contributed by atoms with Gasteiger partial charge < -0.3 is 15.5 Å². The molecule has 1 aromatic heterocycles. The number of benzene rings is 2. The number of rotatable bonds is 7. The van der Waals surface area contributed by atoms with E-state index >= 15 is 0 Å². The SMILES string of the molecule is Cc1cc(N2CCC(C)CC2)nc2ccc(NC(=O)CCC(=O)NCc3ccc(F)cc3Cl)cc12. The fraction of sp³-hybridized carbons (Fsp3) is 0.370. The lowest BCUT2D eigenvalue weighted by molar-refractivity contribution is -0.124. The van der Waals surface area contributed by atoms with Crippen molar-refractivity contribution in [2.75, 3.05) is 23.3 Å². The first-order valence-corrected chi connectivity index (χ1v) is 12.3. The van der Waals surface area contributed by atoms with E-state index in [9.17, 15) is 14.0 Å². The Bertz CT molecular complexity index is 1240. The zero-order valence-corrected chi connectivity index (χ0v) is 20.8. The van der Waals surface area contributed by atoms with Crippen LogP contribution in [0.1, 0.15) is 43.7 Å². The van der Waals surface area contributed by atoms with Gasteiger partial charge >= 0.3 is 0 Å². The van der Waals surface area contributed by atoms with E-state index < -0.39 is 5.82 Å². The van der Waals surface area contributed by atoms with Crippen molar-refractivity contribution in [3.63, 3.8) is 0 Å². The topological polar surface area (TPSA) is 74.3 Å². The molecule has 8 heteroatoms. The highest BCUT2D eigenvalue weighted by atomic mass is 35.5. The van der Waals surface area contributed by atoms with Gasteiger partial charge in [-0.1, -0.05) is 24.6 Å². The number of fused-ring (bicyclic) bond motifs is 1. The van der Waals surface area contributed by atoms with Crippen molar-refractivity contribution in [3.05, 3.63) is 64.4 Å². The Labute approximate surface area is 209 Å². The molecule has 0 unspecified atom stereocenters. The molecule has 4 rings (SSSR count). The van der Waals surface area contributed by atoms with Crippen molar-refractivity contribution < 1.29 is 14.0 Å². The first-order valence-electron chi connectivity index (χ1n) is 12.0. The van der Waals surface area contributed by atoms with E-state index in [1.807, 2.05) is 18.2 Å². The maximum absolute atomic E-state index is 13.1. The highest BCUT2D eigenvalue weighted by molar-refractivity contribution is 6.31. The lowest BCUT2D eigenvalue weighted by Gasteiger charge is -2.31. The molecule has 184 valence electrons. The number of amides is 2. The first kappa shape index (κ1) is 24.9. The molecular weight excluding hydrogens is 467 g/mol. The second-order valence-electron chi connectivity index (χ2n) is 9.26. The maximum atomic E-state index is 13.1. The Balaban J connectivity index is 1.31. The predicted molar refractivity (Wildman–Crippen MR) is 138 cm³/mol. The second-order valence-corrected chi connectivity index (χ2v) is 9.67. The minimum Gasteiger partial charge on any atom is -0.357 e. The van der Waals surface area contributed by atoms with Gasteiger partial charge in [-0.25, -0.2) is 9.37 Å². The number of hydrogen-bond donors (Lipinski definition) is 2. The van der Waals surface area contributed by atoms with E-state index in [-0.39, 0.29) is 36.2 Å². The number of nitrogens with zero attached hydrogens (tertiary/aromatic N) is 2. The molecule has 0 saturated carbocycles. The van der Waals surface area contributed by atoms with Crippen LogP contribution in [0.3, 0.4) is 0 Å². The van der Waals surface area contributed by atoms with Crippen molar-refractivity contribution in [3.8, 4) is 0 Å². The average Bonchev–Trinajstić information content (AvgIpc) is 2.83. The van der Waals surface area contributed by atoms with E-state index in [1.54, 1.807) is 0 Å². The Kier molecular flexibility index (Phi) is 7.86.